The Labute approximate surface area is 76.9 Å². The Bertz CT molecular complexity index is 95.8. The van der Waals surface area contributed by atoms with Crippen LogP contribution < -0.4 is 0 Å². The number of nitrogens with zero attached hydrogens (tertiary/aromatic N) is 1. The van der Waals surface area contributed by atoms with Gasteiger partial charge < -0.3 is 9.64 Å². The molecule has 1 aliphatic heterocycles. The minimum atomic E-state index is 0.796. The summed E-state index contributed by atoms with van der Waals surface area (Å²) in [6, 6.07) is 0. The molecule has 1 aliphatic rings. The summed E-state index contributed by atoms with van der Waals surface area (Å²) >= 11 is 0. The van der Waals surface area contributed by atoms with Gasteiger partial charge in [-0.2, -0.15) is 0 Å². The van der Waals surface area contributed by atoms with Crippen molar-refractivity contribution in [2.24, 2.45) is 5.92 Å². The fourth-order valence-corrected chi connectivity index (χ4v) is 1.57. The van der Waals surface area contributed by atoms with Crippen molar-refractivity contribution in [1.29, 1.82) is 0 Å². The maximum Gasteiger partial charge on any atom is 0.0503 e. The van der Waals surface area contributed by atoms with E-state index in [4.69, 9.17) is 4.74 Å². The van der Waals surface area contributed by atoms with Crippen LogP contribution in [0.25, 0.3) is 0 Å². The van der Waals surface area contributed by atoms with Crippen LogP contribution in [0.1, 0.15) is 27.2 Å². The predicted octanol–water partition coefficient (Wildman–Crippen LogP) is 2.00. The smallest absolute Gasteiger partial charge is 0.0503 e. The van der Waals surface area contributed by atoms with Gasteiger partial charge in [-0.15, -0.1) is 0 Å². The van der Waals surface area contributed by atoms with E-state index in [1.807, 2.05) is 13.8 Å². The van der Waals surface area contributed by atoms with E-state index >= 15 is 0 Å². The molecule has 1 heterocycles. The van der Waals surface area contributed by atoms with Crippen LogP contribution in [0.4, 0.5) is 0 Å². The molecule has 0 aromatic rings. The summed E-state index contributed by atoms with van der Waals surface area (Å²) in [7, 11) is 1.79. The second kappa shape index (κ2) is 7.56. The summed E-state index contributed by atoms with van der Waals surface area (Å²) in [6.07, 6.45) is 1.32. The second-order valence-electron chi connectivity index (χ2n) is 3.00. The molecular weight excluding hydrogens is 150 g/mol. The van der Waals surface area contributed by atoms with Crippen molar-refractivity contribution in [2.45, 2.75) is 27.2 Å². The summed E-state index contributed by atoms with van der Waals surface area (Å²) in [5, 5.41) is 0. The van der Waals surface area contributed by atoms with Crippen LogP contribution in [0, 0.1) is 5.92 Å². The molecule has 1 unspecified atom stereocenters. The number of rotatable bonds is 3. The van der Waals surface area contributed by atoms with Crippen molar-refractivity contribution in [3.05, 3.63) is 0 Å². The number of likely N-dealkylation sites (tertiary alicyclic amines) is 1. The highest BCUT2D eigenvalue weighted by atomic mass is 16.5. The van der Waals surface area contributed by atoms with Crippen LogP contribution in [0.2, 0.25) is 0 Å². The molecule has 0 radical (unpaired) electrons. The van der Waals surface area contributed by atoms with E-state index in [2.05, 4.69) is 11.8 Å². The van der Waals surface area contributed by atoms with Crippen molar-refractivity contribution in [3.8, 4) is 0 Å². The number of ether oxygens (including phenoxy) is 1. The molecule has 0 spiro atoms. The largest absolute Gasteiger partial charge is 0.384 e. The molecule has 0 aliphatic carbocycles. The van der Waals surface area contributed by atoms with Crippen LogP contribution in [0.15, 0.2) is 0 Å². The van der Waals surface area contributed by atoms with Gasteiger partial charge in [0, 0.05) is 13.7 Å². The molecule has 0 saturated carbocycles. The third-order valence-electron chi connectivity index (χ3n) is 2.22. The normalized spacial score (nSPS) is 23.5. The molecule has 74 valence electrons. The van der Waals surface area contributed by atoms with Crippen LogP contribution in [-0.4, -0.2) is 38.3 Å². The van der Waals surface area contributed by atoms with Crippen molar-refractivity contribution < 1.29 is 4.74 Å². The van der Waals surface area contributed by atoms with Gasteiger partial charge in [-0.25, -0.2) is 0 Å². The van der Waals surface area contributed by atoms with Gasteiger partial charge in [0.25, 0.3) is 0 Å². The lowest BCUT2D eigenvalue weighted by Gasteiger charge is -2.11. The molecule has 12 heavy (non-hydrogen) atoms. The molecule has 2 nitrogen and oxygen atoms in total. The molecule has 0 aromatic heterocycles. The average molecular weight is 173 g/mol. The molecule has 1 saturated heterocycles. The van der Waals surface area contributed by atoms with E-state index in [-0.39, 0.29) is 0 Å². The molecule has 0 aromatic carbocycles. The SMILES string of the molecule is CC.CCN1CCC(COC)C1. The van der Waals surface area contributed by atoms with E-state index < -0.39 is 0 Å². The lowest BCUT2D eigenvalue weighted by molar-refractivity contribution is 0.154. The van der Waals surface area contributed by atoms with Gasteiger partial charge >= 0.3 is 0 Å². The number of hydrogen-bond donors (Lipinski definition) is 0. The summed E-state index contributed by atoms with van der Waals surface area (Å²) in [4.78, 5) is 2.48. The first-order valence-corrected chi connectivity index (χ1v) is 5.08. The Balaban J connectivity index is 0.000000561. The van der Waals surface area contributed by atoms with Crippen molar-refractivity contribution in [1.82, 2.24) is 4.90 Å². The van der Waals surface area contributed by atoms with Gasteiger partial charge in [0.2, 0.25) is 0 Å². The van der Waals surface area contributed by atoms with E-state index in [9.17, 15) is 0 Å². The first-order chi connectivity index (χ1) is 5.86. The maximum atomic E-state index is 5.09. The predicted molar refractivity (Wildman–Crippen MR) is 53.4 cm³/mol. The Hall–Kier alpha value is -0.0800. The fourth-order valence-electron chi connectivity index (χ4n) is 1.57. The molecule has 2 heteroatoms. The fraction of sp³-hybridized carbons (Fsp3) is 1.00. The molecule has 1 rings (SSSR count). The Kier molecular flexibility index (Phi) is 7.51. The molecule has 0 bridgehead atoms. The van der Waals surface area contributed by atoms with Gasteiger partial charge in [0.1, 0.15) is 0 Å². The van der Waals surface area contributed by atoms with Gasteiger partial charge in [-0.1, -0.05) is 20.8 Å². The summed E-state index contributed by atoms with van der Waals surface area (Å²) in [5.41, 5.74) is 0. The van der Waals surface area contributed by atoms with Crippen LogP contribution in [-0.2, 0) is 4.74 Å². The second-order valence-corrected chi connectivity index (χ2v) is 3.00. The van der Waals surface area contributed by atoms with Crippen LogP contribution in [0.3, 0.4) is 0 Å². The highest BCUT2D eigenvalue weighted by Crippen LogP contribution is 2.15. The van der Waals surface area contributed by atoms with Crippen LogP contribution in [0.5, 0.6) is 0 Å². The Morgan fingerprint density at radius 1 is 1.42 bits per heavy atom. The molecule has 0 amide bonds. The van der Waals surface area contributed by atoms with Crippen molar-refractivity contribution in [2.75, 3.05) is 33.4 Å². The Morgan fingerprint density at radius 3 is 2.50 bits per heavy atom. The van der Waals surface area contributed by atoms with Gasteiger partial charge in [-0.05, 0) is 25.4 Å². The zero-order valence-corrected chi connectivity index (χ0v) is 8.97. The zero-order chi connectivity index (χ0) is 9.40. The van der Waals surface area contributed by atoms with Gasteiger partial charge in [0.15, 0.2) is 0 Å². The van der Waals surface area contributed by atoms with E-state index in [0.717, 1.165) is 12.5 Å². The first kappa shape index (κ1) is 11.9. The van der Waals surface area contributed by atoms with E-state index in [1.165, 1.54) is 26.1 Å². The quantitative estimate of drug-likeness (QED) is 0.647. The molecule has 1 atom stereocenters. The first-order valence-electron chi connectivity index (χ1n) is 5.08. The topological polar surface area (TPSA) is 12.5 Å². The van der Waals surface area contributed by atoms with Gasteiger partial charge in [-0.3, -0.25) is 0 Å². The molecule has 1 fully saturated rings. The summed E-state index contributed by atoms with van der Waals surface area (Å²) in [5.74, 6) is 0.796. The minimum absolute atomic E-state index is 0.796. The zero-order valence-electron chi connectivity index (χ0n) is 8.97. The third kappa shape index (κ3) is 4.07. The van der Waals surface area contributed by atoms with E-state index in [1.54, 1.807) is 7.11 Å². The standard InChI is InChI=1S/C8H17NO.C2H6/c1-3-9-5-4-8(6-9)7-10-2;1-2/h8H,3-7H2,1-2H3;1-2H3. The lowest BCUT2D eigenvalue weighted by atomic mass is 10.1. The highest BCUT2D eigenvalue weighted by Gasteiger charge is 2.20. The minimum Gasteiger partial charge on any atom is -0.384 e. The summed E-state index contributed by atoms with van der Waals surface area (Å²) < 4.78 is 5.09. The maximum absolute atomic E-state index is 5.09. The molecule has 0 N–H and O–H groups in total. The number of methoxy groups -OCH3 is 1. The molecular formula is C10H23NO. The Morgan fingerprint density at radius 2 is 2.08 bits per heavy atom. The highest BCUT2D eigenvalue weighted by molar-refractivity contribution is 4.73. The van der Waals surface area contributed by atoms with Crippen LogP contribution >= 0.6 is 0 Å². The monoisotopic (exact) mass is 173 g/mol. The lowest BCUT2D eigenvalue weighted by Crippen LogP contribution is -2.20. The van der Waals surface area contributed by atoms with E-state index in [0.29, 0.717) is 0 Å². The van der Waals surface area contributed by atoms with Crippen molar-refractivity contribution >= 4 is 0 Å². The van der Waals surface area contributed by atoms with Gasteiger partial charge in [0.05, 0.1) is 6.61 Å². The average Bonchev–Trinajstić information content (AvgIpc) is 2.57. The third-order valence-corrected chi connectivity index (χ3v) is 2.22. The summed E-state index contributed by atoms with van der Waals surface area (Å²) in [6.45, 7) is 10.9. The van der Waals surface area contributed by atoms with Crippen molar-refractivity contribution in [3.63, 3.8) is 0 Å². The number of hydrogen-bond acceptors (Lipinski definition) is 2.